The summed E-state index contributed by atoms with van der Waals surface area (Å²) in [4.78, 5) is 10.9. The monoisotopic (exact) mass is 323 g/mol. The summed E-state index contributed by atoms with van der Waals surface area (Å²) in [7, 11) is -2.84. The molecule has 0 amide bonds. The van der Waals surface area contributed by atoms with Gasteiger partial charge in [0.15, 0.2) is 0 Å². The van der Waals surface area contributed by atoms with Gasteiger partial charge in [0, 0.05) is 7.05 Å². The zero-order valence-electron chi connectivity index (χ0n) is 11.9. The molecule has 0 aliphatic heterocycles. The van der Waals surface area contributed by atoms with Crippen LogP contribution in [0.1, 0.15) is 15.9 Å². The van der Waals surface area contributed by atoms with E-state index in [2.05, 4.69) is 0 Å². The average molecular weight is 323 g/mol. The van der Waals surface area contributed by atoms with E-state index in [9.17, 15) is 17.6 Å². The molecule has 0 aromatic heterocycles. The van der Waals surface area contributed by atoms with Gasteiger partial charge in [-0.05, 0) is 36.8 Å². The third kappa shape index (κ3) is 2.80. The second-order valence-corrected chi connectivity index (χ2v) is 6.68. The lowest BCUT2D eigenvalue weighted by Gasteiger charge is -2.20. The van der Waals surface area contributed by atoms with Crippen molar-refractivity contribution in [3.05, 3.63) is 59.4 Å². The van der Waals surface area contributed by atoms with Gasteiger partial charge in [-0.2, -0.15) is 0 Å². The second kappa shape index (κ2) is 5.76. The van der Waals surface area contributed by atoms with Gasteiger partial charge in [0.25, 0.3) is 10.0 Å². The molecule has 0 atom stereocenters. The van der Waals surface area contributed by atoms with Crippen LogP contribution in [0.3, 0.4) is 0 Å². The number of anilines is 1. The fourth-order valence-electron chi connectivity index (χ4n) is 1.99. The van der Waals surface area contributed by atoms with E-state index in [0.717, 1.165) is 16.4 Å². The van der Waals surface area contributed by atoms with Crippen LogP contribution in [0.5, 0.6) is 0 Å². The molecule has 0 bridgehead atoms. The number of carboxylic acid groups (broad SMARTS) is 1. The van der Waals surface area contributed by atoms with Crippen molar-refractivity contribution in [2.45, 2.75) is 11.8 Å². The Hall–Kier alpha value is -2.41. The SMILES string of the molecule is Cc1ccc(S(=O)(=O)N(C)c2ccccc2F)cc1C(=O)O. The molecule has 0 radical (unpaired) electrons. The lowest BCUT2D eigenvalue weighted by atomic mass is 10.1. The Morgan fingerprint density at radius 1 is 1.18 bits per heavy atom. The number of para-hydroxylation sites is 1. The molecule has 0 aliphatic carbocycles. The third-order valence-electron chi connectivity index (χ3n) is 3.29. The Morgan fingerprint density at radius 3 is 2.41 bits per heavy atom. The molecule has 1 N–H and O–H groups in total. The Kier molecular flexibility index (Phi) is 4.18. The number of aryl methyl sites for hydroxylation is 1. The number of hydrogen-bond acceptors (Lipinski definition) is 3. The van der Waals surface area contributed by atoms with Crippen molar-refractivity contribution in [2.24, 2.45) is 0 Å². The molecular formula is C15H14FNO4S. The highest BCUT2D eigenvalue weighted by molar-refractivity contribution is 7.92. The van der Waals surface area contributed by atoms with Crippen LogP contribution in [0.15, 0.2) is 47.4 Å². The van der Waals surface area contributed by atoms with E-state index in [4.69, 9.17) is 5.11 Å². The number of hydrogen-bond donors (Lipinski definition) is 1. The fourth-order valence-corrected chi connectivity index (χ4v) is 3.22. The smallest absolute Gasteiger partial charge is 0.335 e. The molecular weight excluding hydrogens is 309 g/mol. The van der Waals surface area contributed by atoms with E-state index in [-0.39, 0.29) is 16.1 Å². The minimum atomic E-state index is -4.06. The zero-order chi connectivity index (χ0) is 16.5. The number of carbonyl (C=O) groups is 1. The number of aromatic carboxylic acids is 1. The summed E-state index contributed by atoms with van der Waals surface area (Å²) in [6.07, 6.45) is 0. The van der Waals surface area contributed by atoms with Crippen LogP contribution in [0, 0.1) is 12.7 Å². The summed E-state index contributed by atoms with van der Waals surface area (Å²) in [5.41, 5.74) is 0.225. The van der Waals surface area contributed by atoms with Crippen molar-refractivity contribution in [1.29, 1.82) is 0 Å². The van der Waals surface area contributed by atoms with Gasteiger partial charge in [-0.15, -0.1) is 0 Å². The van der Waals surface area contributed by atoms with Crippen LogP contribution in [0.25, 0.3) is 0 Å². The number of rotatable bonds is 4. The number of carboxylic acids is 1. The molecule has 0 aliphatic rings. The quantitative estimate of drug-likeness (QED) is 0.938. The Morgan fingerprint density at radius 2 is 1.82 bits per heavy atom. The summed E-state index contributed by atoms with van der Waals surface area (Å²) in [6.45, 7) is 1.57. The first-order valence-electron chi connectivity index (χ1n) is 6.32. The van der Waals surface area contributed by atoms with Crippen LogP contribution >= 0.6 is 0 Å². The van der Waals surface area contributed by atoms with Gasteiger partial charge in [0.2, 0.25) is 0 Å². The van der Waals surface area contributed by atoms with E-state index in [0.29, 0.717) is 5.56 Å². The van der Waals surface area contributed by atoms with Crippen molar-refractivity contribution in [3.8, 4) is 0 Å². The van der Waals surface area contributed by atoms with E-state index in [1.165, 1.54) is 37.4 Å². The Balaban J connectivity index is 2.54. The molecule has 2 rings (SSSR count). The molecule has 2 aromatic carbocycles. The van der Waals surface area contributed by atoms with Gasteiger partial charge in [-0.3, -0.25) is 4.31 Å². The van der Waals surface area contributed by atoms with Gasteiger partial charge in [0.05, 0.1) is 16.1 Å². The normalized spacial score (nSPS) is 11.2. The van der Waals surface area contributed by atoms with Crippen molar-refractivity contribution < 1.29 is 22.7 Å². The van der Waals surface area contributed by atoms with Gasteiger partial charge in [0.1, 0.15) is 5.82 Å². The first kappa shape index (κ1) is 16.0. The topological polar surface area (TPSA) is 74.7 Å². The van der Waals surface area contributed by atoms with Crippen LogP contribution < -0.4 is 4.31 Å². The predicted molar refractivity (Wildman–Crippen MR) is 80.1 cm³/mol. The van der Waals surface area contributed by atoms with E-state index in [1.54, 1.807) is 6.92 Å². The molecule has 0 spiro atoms. The predicted octanol–water partition coefficient (Wildman–Crippen LogP) is 2.66. The fraction of sp³-hybridized carbons (Fsp3) is 0.133. The van der Waals surface area contributed by atoms with Crippen LogP contribution in [-0.4, -0.2) is 26.5 Å². The Bertz CT molecular complexity index is 833. The van der Waals surface area contributed by atoms with Gasteiger partial charge < -0.3 is 5.11 Å². The largest absolute Gasteiger partial charge is 0.478 e. The first-order valence-corrected chi connectivity index (χ1v) is 7.76. The van der Waals surface area contributed by atoms with Crippen molar-refractivity contribution in [2.75, 3.05) is 11.4 Å². The van der Waals surface area contributed by atoms with Crippen LogP contribution in [0.4, 0.5) is 10.1 Å². The second-order valence-electron chi connectivity index (χ2n) is 4.71. The summed E-state index contributed by atoms with van der Waals surface area (Å²) in [6, 6.07) is 9.23. The zero-order valence-corrected chi connectivity index (χ0v) is 12.8. The minimum Gasteiger partial charge on any atom is -0.478 e. The minimum absolute atomic E-state index is 0.108. The lowest BCUT2D eigenvalue weighted by molar-refractivity contribution is 0.0696. The highest BCUT2D eigenvalue weighted by atomic mass is 32.2. The molecule has 0 saturated heterocycles. The standard InChI is InChI=1S/C15H14FNO4S/c1-10-7-8-11(9-12(10)15(18)19)22(20,21)17(2)14-6-4-3-5-13(14)16/h3-9H,1-2H3,(H,18,19). The highest BCUT2D eigenvalue weighted by Gasteiger charge is 2.24. The maximum absolute atomic E-state index is 13.8. The highest BCUT2D eigenvalue weighted by Crippen LogP contribution is 2.25. The molecule has 116 valence electrons. The van der Waals surface area contributed by atoms with E-state index < -0.39 is 21.8 Å². The van der Waals surface area contributed by atoms with Gasteiger partial charge in [-0.25, -0.2) is 17.6 Å². The van der Waals surface area contributed by atoms with Crippen molar-refractivity contribution in [1.82, 2.24) is 0 Å². The molecule has 5 nitrogen and oxygen atoms in total. The molecule has 2 aromatic rings. The van der Waals surface area contributed by atoms with Gasteiger partial charge >= 0.3 is 5.97 Å². The Labute approximate surface area is 127 Å². The summed E-state index contributed by atoms with van der Waals surface area (Å²) >= 11 is 0. The number of sulfonamides is 1. The average Bonchev–Trinajstić information content (AvgIpc) is 2.47. The van der Waals surface area contributed by atoms with Gasteiger partial charge in [-0.1, -0.05) is 18.2 Å². The number of halogens is 1. The first-order chi connectivity index (χ1) is 10.2. The van der Waals surface area contributed by atoms with Crippen molar-refractivity contribution in [3.63, 3.8) is 0 Å². The summed E-state index contributed by atoms with van der Waals surface area (Å²) < 4.78 is 39.6. The lowest BCUT2D eigenvalue weighted by Crippen LogP contribution is -2.27. The van der Waals surface area contributed by atoms with E-state index >= 15 is 0 Å². The maximum atomic E-state index is 13.8. The molecule has 0 fully saturated rings. The maximum Gasteiger partial charge on any atom is 0.335 e. The third-order valence-corrected chi connectivity index (χ3v) is 5.06. The summed E-state index contributed by atoms with van der Waals surface area (Å²) in [5.74, 6) is -1.90. The van der Waals surface area contributed by atoms with Crippen LogP contribution in [-0.2, 0) is 10.0 Å². The van der Waals surface area contributed by atoms with E-state index in [1.807, 2.05) is 0 Å². The molecule has 7 heteroatoms. The van der Waals surface area contributed by atoms with Crippen molar-refractivity contribution >= 4 is 21.7 Å². The van der Waals surface area contributed by atoms with Crippen LogP contribution in [0.2, 0.25) is 0 Å². The number of benzene rings is 2. The molecule has 0 heterocycles. The summed E-state index contributed by atoms with van der Waals surface area (Å²) in [5, 5.41) is 9.09. The molecule has 0 unspecified atom stereocenters. The molecule has 0 saturated carbocycles. The molecule has 22 heavy (non-hydrogen) atoms. The number of nitrogens with zero attached hydrogens (tertiary/aromatic N) is 1.